The van der Waals surface area contributed by atoms with Crippen molar-refractivity contribution in [1.29, 1.82) is 0 Å². The molecule has 3 heteroatoms. The monoisotopic (exact) mass is 393 g/mol. The van der Waals surface area contributed by atoms with Crippen LogP contribution >= 0.6 is 0 Å². The van der Waals surface area contributed by atoms with E-state index in [2.05, 4.69) is 11.1 Å². The number of benzene rings is 1. The molecule has 1 aromatic heterocycles. The minimum absolute atomic E-state index is 0. The summed E-state index contributed by atoms with van der Waals surface area (Å²) in [7, 11) is 0. The first-order valence-corrected chi connectivity index (χ1v) is 4.89. The number of halogens is 1. The fourth-order valence-corrected chi connectivity index (χ4v) is 1.42. The largest absolute Gasteiger partial charge is 0.301 e. The summed E-state index contributed by atoms with van der Waals surface area (Å²) in [6.07, 6.45) is 0.376. The van der Waals surface area contributed by atoms with E-state index in [1.807, 2.05) is 42.5 Å². The predicted molar refractivity (Wildman–Crippen MR) is 58.2 cm³/mol. The summed E-state index contributed by atoms with van der Waals surface area (Å²) in [6.45, 7) is -0.366. The zero-order valence-electron chi connectivity index (χ0n) is 8.61. The van der Waals surface area contributed by atoms with Gasteiger partial charge in [0.2, 0.25) is 0 Å². The molecular formula is C13H11FIrN-. The minimum atomic E-state index is -0.366. The SMILES string of the molecule is FCCc1cccc(-c2[c-]cccc2)n1.[Ir]. The Morgan fingerprint density at radius 1 is 1.12 bits per heavy atom. The van der Waals surface area contributed by atoms with Gasteiger partial charge in [-0.2, -0.15) is 0 Å². The average Bonchev–Trinajstić information content (AvgIpc) is 2.31. The Balaban J connectivity index is 0.00000128. The molecule has 0 amide bonds. The van der Waals surface area contributed by atoms with E-state index < -0.39 is 0 Å². The van der Waals surface area contributed by atoms with Gasteiger partial charge in [0, 0.05) is 32.2 Å². The van der Waals surface area contributed by atoms with Crippen LogP contribution in [0, 0.1) is 6.07 Å². The fourth-order valence-electron chi connectivity index (χ4n) is 1.42. The van der Waals surface area contributed by atoms with Crippen LogP contribution in [0.15, 0.2) is 42.5 Å². The summed E-state index contributed by atoms with van der Waals surface area (Å²) in [6, 6.07) is 16.4. The van der Waals surface area contributed by atoms with Gasteiger partial charge in [0.25, 0.3) is 0 Å². The molecule has 2 aromatic rings. The third-order valence-corrected chi connectivity index (χ3v) is 2.14. The Labute approximate surface area is 108 Å². The standard InChI is InChI=1S/C13H11FN.Ir/c14-10-9-12-7-4-8-13(15-12)11-5-2-1-3-6-11;/h1-5,7-8H,9-10H2;/q-1;. The van der Waals surface area contributed by atoms with Crippen molar-refractivity contribution in [3.05, 3.63) is 54.2 Å². The molecule has 0 saturated heterocycles. The fraction of sp³-hybridized carbons (Fsp3) is 0.154. The molecule has 0 spiro atoms. The van der Waals surface area contributed by atoms with Crippen LogP contribution in [0.5, 0.6) is 0 Å². The molecular weight excluding hydrogens is 381 g/mol. The van der Waals surface area contributed by atoms with Crippen molar-refractivity contribution < 1.29 is 24.5 Å². The molecule has 1 radical (unpaired) electrons. The molecule has 0 bridgehead atoms. The van der Waals surface area contributed by atoms with Crippen molar-refractivity contribution in [1.82, 2.24) is 4.98 Å². The second-order valence-corrected chi connectivity index (χ2v) is 3.23. The van der Waals surface area contributed by atoms with Crippen LogP contribution in [-0.4, -0.2) is 11.7 Å². The number of hydrogen-bond donors (Lipinski definition) is 0. The van der Waals surface area contributed by atoms with Gasteiger partial charge in [0.1, 0.15) is 0 Å². The number of aromatic nitrogens is 1. The molecule has 16 heavy (non-hydrogen) atoms. The second-order valence-electron chi connectivity index (χ2n) is 3.23. The van der Waals surface area contributed by atoms with Crippen LogP contribution in [0.4, 0.5) is 4.39 Å². The van der Waals surface area contributed by atoms with Gasteiger partial charge in [0.15, 0.2) is 0 Å². The molecule has 0 unspecified atom stereocenters. The zero-order valence-corrected chi connectivity index (χ0v) is 11.0. The van der Waals surface area contributed by atoms with Crippen LogP contribution in [0.2, 0.25) is 0 Å². The van der Waals surface area contributed by atoms with E-state index in [9.17, 15) is 4.39 Å². The van der Waals surface area contributed by atoms with Gasteiger partial charge in [0.05, 0.1) is 6.67 Å². The van der Waals surface area contributed by atoms with Crippen molar-refractivity contribution in [3.8, 4) is 11.3 Å². The van der Waals surface area contributed by atoms with Crippen molar-refractivity contribution in [3.63, 3.8) is 0 Å². The molecule has 0 aliphatic carbocycles. The van der Waals surface area contributed by atoms with E-state index in [0.717, 1.165) is 17.0 Å². The summed E-state index contributed by atoms with van der Waals surface area (Å²) >= 11 is 0. The van der Waals surface area contributed by atoms with E-state index in [1.54, 1.807) is 0 Å². The van der Waals surface area contributed by atoms with Crippen molar-refractivity contribution in [2.75, 3.05) is 6.67 Å². The van der Waals surface area contributed by atoms with Gasteiger partial charge in [-0.3, -0.25) is 4.39 Å². The summed E-state index contributed by atoms with van der Waals surface area (Å²) in [5, 5.41) is 0. The maximum atomic E-state index is 12.2. The van der Waals surface area contributed by atoms with Gasteiger partial charge in [-0.05, 0) is 11.8 Å². The smallest absolute Gasteiger partial charge is 0.0949 e. The number of aryl methyl sites for hydroxylation is 1. The molecule has 1 aromatic carbocycles. The molecule has 2 rings (SSSR count). The van der Waals surface area contributed by atoms with Crippen molar-refractivity contribution >= 4 is 0 Å². The first-order chi connectivity index (χ1) is 7.40. The van der Waals surface area contributed by atoms with Gasteiger partial charge in [-0.15, -0.1) is 35.9 Å². The molecule has 85 valence electrons. The maximum Gasteiger partial charge on any atom is 0.0949 e. The maximum absolute atomic E-state index is 12.2. The van der Waals surface area contributed by atoms with Gasteiger partial charge in [-0.25, -0.2) is 0 Å². The Morgan fingerprint density at radius 3 is 2.69 bits per heavy atom. The number of nitrogens with zero attached hydrogens (tertiary/aromatic N) is 1. The van der Waals surface area contributed by atoms with E-state index in [4.69, 9.17) is 0 Å². The summed E-state index contributed by atoms with van der Waals surface area (Å²) in [5.74, 6) is 0. The number of pyridine rings is 1. The first-order valence-electron chi connectivity index (χ1n) is 4.89. The van der Waals surface area contributed by atoms with Gasteiger partial charge in [-0.1, -0.05) is 12.1 Å². The number of rotatable bonds is 3. The quantitative estimate of drug-likeness (QED) is 0.732. The topological polar surface area (TPSA) is 12.9 Å². The zero-order chi connectivity index (χ0) is 10.5. The molecule has 1 nitrogen and oxygen atoms in total. The van der Waals surface area contributed by atoms with Crippen LogP contribution in [0.1, 0.15) is 5.69 Å². The van der Waals surface area contributed by atoms with E-state index in [1.165, 1.54) is 0 Å². The summed E-state index contributed by atoms with van der Waals surface area (Å²) in [4.78, 5) is 4.36. The van der Waals surface area contributed by atoms with Crippen LogP contribution in [0.25, 0.3) is 11.3 Å². The first kappa shape index (κ1) is 13.0. The van der Waals surface area contributed by atoms with E-state index >= 15 is 0 Å². The Kier molecular flexibility index (Phi) is 5.30. The van der Waals surface area contributed by atoms with E-state index in [0.29, 0.717) is 6.42 Å². The molecule has 0 aliphatic heterocycles. The van der Waals surface area contributed by atoms with Crippen molar-refractivity contribution in [2.45, 2.75) is 6.42 Å². The molecule has 0 aliphatic rings. The normalized spacial score (nSPS) is 9.56. The molecule has 0 N–H and O–H groups in total. The Hall–Kier alpha value is -1.05. The molecule has 0 atom stereocenters. The van der Waals surface area contributed by atoms with Crippen LogP contribution < -0.4 is 0 Å². The van der Waals surface area contributed by atoms with Crippen LogP contribution in [0.3, 0.4) is 0 Å². The van der Waals surface area contributed by atoms with Crippen molar-refractivity contribution in [2.24, 2.45) is 0 Å². The predicted octanol–water partition coefficient (Wildman–Crippen LogP) is 3.06. The summed E-state index contributed by atoms with van der Waals surface area (Å²) in [5.41, 5.74) is 2.58. The number of alkyl halides is 1. The summed E-state index contributed by atoms with van der Waals surface area (Å²) < 4.78 is 12.2. The Bertz CT molecular complexity index is 431. The third kappa shape index (κ3) is 3.22. The number of hydrogen-bond acceptors (Lipinski definition) is 1. The second kappa shape index (κ2) is 6.51. The van der Waals surface area contributed by atoms with Gasteiger partial charge < -0.3 is 4.98 Å². The minimum Gasteiger partial charge on any atom is -0.301 e. The molecule has 0 fully saturated rings. The molecule has 1 heterocycles. The van der Waals surface area contributed by atoms with E-state index in [-0.39, 0.29) is 26.8 Å². The third-order valence-electron chi connectivity index (χ3n) is 2.14. The Morgan fingerprint density at radius 2 is 2.00 bits per heavy atom. The van der Waals surface area contributed by atoms with Gasteiger partial charge >= 0.3 is 0 Å². The molecule has 0 saturated carbocycles. The average molecular weight is 392 g/mol. The van der Waals surface area contributed by atoms with Crippen LogP contribution in [-0.2, 0) is 26.5 Å².